The zero-order valence-electron chi connectivity index (χ0n) is 9.90. The van der Waals surface area contributed by atoms with Gasteiger partial charge in [-0.05, 0) is 24.6 Å². The van der Waals surface area contributed by atoms with Gasteiger partial charge >= 0.3 is 5.97 Å². The van der Waals surface area contributed by atoms with Crippen LogP contribution < -0.4 is 10.2 Å². The standard InChI is InChI=1S/C12H18N2O2/c1-9(13-8-12(15)16)10-4-6-11(7-5-10)14(2)3/h4-7,9,13H,8H2,1-3H3,(H,15,16). The van der Waals surface area contributed by atoms with Crippen LogP contribution in [0.5, 0.6) is 0 Å². The largest absolute Gasteiger partial charge is 0.480 e. The molecule has 0 aliphatic heterocycles. The lowest BCUT2D eigenvalue weighted by atomic mass is 10.1. The molecule has 0 spiro atoms. The van der Waals surface area contributed by atoms with Crippen molar-refractivity contribution in [2.75, 3.05) is 25.5 Å². The highest BCUT2D eigenvalue weighted by Gasteiger charge is 2.06. The van der Waals surface area contributed by atoms with E-state index < -0.39 is 5.97 Å². The number of carboxylic acids is 1. The maximum atomic E-state index is 10.4. The highest BCUT2D eigenvalue weighted by atomic mass is 16.4. The van der Waals surface area contributed by atoms with Gasteiger partial charge < -0.3 is 15.3 Å². The van der Waals surface area contributed by atoms with Crippen LogP contribution in [0.3, 0.4) is 0 Å². The summed E-state index contributed by atoms with van der Waals surface area (Å²) in [6, 6.07) is 8.11. The topological polar surface area (TPSA) is 52.6 Å². The van der Waals surface area contributed by atoms with Gasteiger partial charge in [-0.2, -0.15) is 0 Å². The van der Waals surface area contributed by atoms with Crippen LogP contribution in [0.2, 0.25) is 0 Å². The Morgan fingerprint density at radius 2 is 1.94 bits per heavy atom. The molecule has 1 atom stereocenters. The Kier molecular flexibility index (Phi) is 4.31. The van der Waals surface area contributed by atoms with E-state index in [9.17, 15) is 4.79 Å². The molecule has 1 unspecified atom stereocenters. The molecular formula is C12H18N2O2. The number of aliphatic carboxylic acids is 1. The molecule has 1 rings (SSSR count). The summed E-state index contributed by atoms with van der Waals surface area (Å²) in [6.45, 7) is 1.93. The number of rotatable bonds is 5. The molecule has 0 aromatic heterocycles. The minimum absolute atomic E-state index is 0.0173. The second-order valence-corrected chi connectivity index (χ2v) is 3.98. The Labute approximate surface area is 95.9 Å². The Morgan fingerprint density at radius 1 is 1.38 bits per heavy atom. The fraction of sp³-hybridized carbons (Fsp3) is 0.417. The third kappa shape index (κ3) is 3.55. The third-order valence-electron chi connectivity index (χ3n) is 2.47. The van der Waals surface area contributed by atoms with Crippen molar-refractivity contribution in [3.63, 3.8) is 0 Å². The van der Waals surface area contributed by atoms with Gasteiger partial charge in [-0.25, -0.2) is 0 Å². The first-order valence-corrected chi connectivity index (χ1v) is 5.23. The van der Waals surface area contributed by atoms with Crippen molar-refractivity contribution in [3.8, 4) is 0 Å². The van der Waals surface area contributed by atoms with Crippen molar-refractivity contribution < 1.29 is 9.90 Å². The van der Waals surface area contributed by atoms with E-state index >= 15 is 0 Å². The molecule has 0 saturated heterocycles. The zero-order chi connectivity index (χ0) is 12.1. The molecule has 0 fully saturated rings. The average molecular weight is 222 g/mol. The molecule has 1 aromatic rings. The molecular weight excluding hydrogens is 204 g/mol. The van der Waals surface area contributed by atoms with Gasteiger partial charge in [0, 0.05) is 25.8 Å². The first-order chi connectivity index (χ1) is 7.50. The fourth-order valence-corrected chi connectivity index (χ4v) is 1.42. The predicted octanol–water partition coefficient (Wildman–Crippen LogP) is 1.49. The van der Waals surface area contributed by atoms with Crippen LogP contribution in [-0.4, -0.2) is 31.7 Å². The van der Waals surface area contributed by atoms with Gasteiger partial charge in [0.1, 0.15) is 0 Å². The number of carboxylic acid groups (broad SMARTS) is 1. The van der Waals surface area contributed by atoms with E-state index in [1.54, 1.807) is 0 Å². The molecule has 0 bridgehead atoms. The Morgan fingerprint density at radius 3 is 2.38 bits per heavy atom. The number of carbonyl (C=O) groups is 1. The molecule has 0 radical (unpaired) electrons. The van der Waals surface area contributed by atoms with Gasteiger partial charge in [-0.3, -0.25) is 4.79 Å². The first-order valence-electron chi connectivity index (χ1n) is 5.23. The van der Waals surface area contributed by atoms with E-state index in [1.165, 1.54) is 0 Å². The van der Waals surface area contributed by atoms with E-state index in [0.29, 0.717) is 0 Å². The normalized spacial score (nSPS) is 12.2. The number of hydrogen-bond donors (Lipinski definition) is 2. The first kappa shape index (κ1) is 12.5. The van der Waals surface area contributed by atoms with Crippen LogP contribution in [0.25, 0.3) is 0 Å². The van der Waals surface area contributed by atoms with E-state index in [-0.39, 0.29) is 12.6 Å². The lowest BCUT2D eigenvalue weighted by molar-refractivity contribution is -0.136. The number of nitrogens with zero attached hydrogens (tertiary/aromatic N) is 1. The highest BCUT2D eigenvalue weighted by molar-refractivity contribution is 5.69. The second-order valence-electron chi connectivity index (χ2n) is 3.98. The number of anilines is 1. The van der Waals surface area contributed by atoms with Crippen LogP contribution in [0.4, 0.5) is 5.69 Å². The summed E-state index contributed by atoms with van der Waals surface area (Å²) < 4.78 is 0. The van der Waals surface area contributed by atoms with Crippen molar-refractivity contribution in [3.05, 3.63) is 29.8 Å². The Bertz CT molecular complexity index is 347. The fourth-order valence-electron chi connectivity index (χ4n) is 1.42. The van der Waals surface area contributed by atoms with E-state index in [1.807, 2.05) is 50.2 Å². The minimum Gasteiger partial charge on any atom is -0.480 e. The quantitative estimate of drug-likeness (QED) is 0.792. The molecule has 2 N–H and O–H groups in total. The molecule has 0 amide bonds. The second kappa shape index (κ2) is 5.51. The predicted molar refractivity (Wildman–Crippen MR) is 64.8 cm³/mol. The number of benzene rings is 1. The van der Waals surface area contributed by atoms with Gasteiger partial charge in [-0.15, -0.1) is 0 Å². The van der Waals surface area contributed by atoms with Gasteiger partial charge in [0.05, 0.1) is 6.54 Å². The Hall–Kier alpha value is -1.55. The van der Waals surface area contributed by atoms with Gasteiger partial charge in [-0.1, -0.05) is 12.1 Å². The monoisotopic (exact) mass is 222 g/mol. The van der Waals surface area contributed by atoms with Crippen LogP contribution in [0.1, 0.15) is 18.5 Å². The summed E-state index contributed by atoms with van der Waals surface area (Å²) in [5.41, 5.74) is 2.22. The smallest absolute Gasteiger partial charge is 0.317 e. The Balaban J connectivity index is 2.62. The maximum absolute atomic E-state index is 10.4. The molecule has 4 nitrogen and oxygen atoms in total. The van der Waals surface area contributed by atoms with Crippen molar-refractivity contribution in [2.24, 2.45) is 0 Å². The summed E-state index contributed by atoms with van der Waals surface area (Å²) >= 11 is 0. The molecule has 16 heavy (non-hydrogen) atoms. The van der Waals surface area contributed by atoms with Crippen molar-refractivity contribution in [1.82, 2.24) is 5.32 Å². The van der Waals surface area contributed by atoms with E-state index in [2.05, 4.69) is 5.32 Å². The summed E-state index contributed by atoms with van der Waals surface area (Å²) in [7, 11) is 3.97. The summed E-state index contributed by atoms with van der Waals surface area (Å²) in [6.07, 6.45) is 0. The maximum Gasteiger partial charge on any atom is 0.317 e. The summed E-state index contributed by atoms with van der Waals surface area (Å²) in [5.74, 6) is -0.836. The number of hydrogen-bond acceptors (Lipinski definition) is 3. The van der Waals surface area contributed by atoms with Gasteiger partial charge in [0.25, 0.3) is 0 Å². The van der Waals surface area contributed by atoms with Crippen molar-refractivity contribution in [2.45, 2.75) is 13.0 Å². The molecule has 0 saturated carbocycles. The molecule has 0 aliphatic rings. The summed E-state index contributed by atoms with van der Waals surface area (Å²) in [5, 5.41) is 11.5. The van der Waals surface area contributed by atoms with Crippen LogP contribution >= 0.6 is 0 Å². The van der Waals surface area contributed by atoms with Gasteiger partial charge in [0.15, 0.2) is 0 Å². The van der Waals surface area contributed by atoms with E-state index in [0.717, 1.165) is 11.3 Å². The van der Waals surface area contributed by atoms with Crippen molar-refractivity contribution >= 4 is 11.7 Å². The summed E-state index contributed by atoms with van der Waals surface area (Å²) in [4.78, 5) is 12.4. The van der Waals surface area contributed by atoms with Gasteiger partial charge in [0.2, 0.25) is 0 Å². The van der Waals surface area contributed by atoms with Crippen molar-refractivity contribution in [1.29, 1.82) is 0 Å². The molecule has 0 heterocycles. The average Bonchev–Trinajstić information content (AvgIpc) is 2.26. The molecule has 1 aromatic carbocycles. The SMILES string of the molecule is CC(NCC(=O)O)c1ccc(N(C)C)cc1. The molecule has 4 heteroatoms. The minimum atomic E-state index is -0.836. The lowest BCUT2D eigenvalue weighted by Gasteiger charge is -2.16. The third-order valence-corrected chi connectivity index (χ3v) is 2.47. The molecule has 0 aliphatic carbocycles. The zero-order valence-corrected chi connectivity index (χ0v) is 9.90. The van der Waals surface area contributed by atoms with Crippen LogP contribution in [0.15, 0.2) is 24.3 Å². The number of nitrogens with one attached hydrogen (secondary N) is 1. The van der Waals surface area contributed by atoms with E-state index in [4.69, 9.17) is 5.11 Å². The lowest BCUT2D eigenvalue weighted by Crippen LogP contribution is -2.25. The molecule has 88 valence electrons. The van der Waals surface area contributed by atoms with Crippen LogP contribution in [-0.2, 0) is 4.79 Å². The highest BCUT2D eigenvalue weighted by Crippen LogP contribution is 2.17. The van der Waals surface area contributed by atoms with Crippen LogP contribution in [0, 0.1) is 0 Å².